The van der Waals surface area contributed by atoms with Crippen LogP contribution >= 0.6 is 0 Å². The van der Waals surface area contributed by atoms with Crippen molar-refractivity contribution in [1.82, 2.24) is 0 Å². The summed E-state index contributed by atoms with van der Waals surface area (Å²) >= 11 is -2.85. The van der Waals surface area contributed by atoms with Crippen molar-refractivity contribution in [3.63, 3.8) is 0 Å². The summed E-state index contributed by atoms with van der Waals surface area (Å²) in [5.74, 6) is 0.383. The van der Waals surface area contributed by atoms with E-state index in [-0.39, 0.29) is 0 Å². The number of aliphatic hydroxyl groups is 1. The second-order valence-corrected chi connectivity index (χ2v) is 12.3. The van der Waals surface area contributed by atoms with Gasteiger partial charge in [0.15, 0.2) is 0 Å². The van der Waals surface area contributed by atoms with Crippen LogP contribution in [0.1, 0.15) is 6.92 Å². The molecule has 0 aromatic heterocycles. The molecule has 23 heavy (non-hydrogen) atoms. The summed E-state index contributed by atoms with van der Waals surface area (Å²) in [5, 5.41) is 10.2. The van der Waals surface area contributed by atoms with Crippen LogP contribution in [0.25, 0.3) is 0 Å². The Morgan fingerprint density at radius 1 is 0.652 bits per heavy atom. The third kappa shape index (κ3) is 3.11. The van der Waals surface area contributed by atoms with Gasteiger partial charge in [-0.3, -0.25) is 0 Å². The average molecular weight is 363 g/mol. The molecule has 0 radical (unpaired) electrons. The molecule has 0 aliphatic rings. The van der Waals surface area contributed by atoms with Gasteiger partial charge < -0.3 is 0 Å². The van der Waals surface area contributed by atoms with Gasteiger partial charge in [-0.2, -0.15) is 0 Å². The molecule has 0 amide bonds. The molecule has 0 saturated heterocycles. The fourth-order valence-electron chi connectivity index (χ4n) is 2.94. The first-order valence-corrected chi connectivity index (χ1v) is 11.6. The molecule has 1 N–H and O–H groups in total. The number of hydrogen-bond acceptors (Lipinski definition) is 1. The van der Waals surface area contributed by atoms with Crippen molar-refractivity contribution in [1.29, 1.82) is 0 Å². The van der Waals surface area contributed by atoms with Crippen molar-refractivity contribution in [2.45, 2.75) is 6.92 Å². The third-order valence-electron chi connectivity index (χ3n) is 3.87. The standard InChI is InChI=1S/C21H19AsO/c1-18(23)17-22(19-11-5-2-6-12-19,20-13-7-3-8-14-20)21-15-9-4-10-16-21/h2-17H,1H3/p+1/b18-17-. The van der Waals surface area contributed by atoms with Crippen molar-refractivity contribution in [2.24, 2.45) is 0 Å². The van der Waals surface area contributed by atoms with E-state index in [1.165, 1.54) is 13.1 Å². The van der Waals surface area contributed by atoms with Gasteiger partial charge in [-0.1, -0.05) is 0 Å². The Kier molecular flexibility index (Phi) is 4.69. The molecule has 1 nitrogen and oxygen atoms in total. The van der Waals surface area contributed by atoms with Crippen LogP contribution in [0.5, 0.6) is 0 Å². The maximum atomic E-state index is 10.2. The SMILES string of the molecule is C/C(O)=C/[As+](c1ccccc1)(c1ccccc1)c1ccccc1. The molecule has 0 fully saturated rings. The molecule has 0 bridgehead atoms. The molecule has 0 spiro atoms. The summed E-state index contributed by atoms with van der Waals surface area (Å²) in [4.78, 5) is 2.11. The Balaban J connectivity index is 2.38. The van der Waals surface area contributed by atoms with Crippen molar-refractivity contribution in [2.75, 3.05) is 0 Å². The van der Waals surface area contributed by atoms with Gasteiger partial charge in [0.05, 0.1) is 0 Å². The summed E-state index contributed by atoms with van der Waals surface area (Å²) in [6.07, 6.45) is 0. The number of rotatable bonds is 4. The van der Waals surface area contributed by atoms with Gasteiger partial charge in [0, 0.05) is 0 Å². The van der Waals surface area contributed by atoms with Gasteiger partial charge in [-0.25, -0.2) is 0 Å². The van der Waals surface area contributed by atoms with Crippen LogP contribution in [0.2, 0.25) is 0 Å². The maximum absolute atomic E-state index is 10.2. The molecule has 0 saturated carbocycles. The van der Waals surface area contributed by atoms with Gasteiger partial charge in [0.2, 0.25) is 0 Å². The molecule has 114 valence electrons. The van der Waals surface area contributed by atoms with Crippen LogP contribution in [0.4, 0.5) is 0 Å². The quantitative estimate of drug-likeness (QED) is 0.558. The topological polar surface area (TPSA) is 20.2 Å². The number of allylic oxidation sites excluding steroid dienone is 1. The zero-order valence-electron chi connectivity index (χ0n) is 13.1. The minimum atomic E-state index is -2.85. The van der Waals surface area contributed by atoms with Crippen molar-refractivity contribution >= 4 is 26.6 Å². The monoisotopic (exact) mass is 363 g/mol. The molecule has 0 unspecified atom stereocenters. The van der Waals surface area contributed by atoms with Crippen molar-refractivity contribution < 1.29 is 5.11 Å². The predicted molar refractivity (Wildman–Crippen MR) is 100 cm³/mol. The molecular formula is C21H20AsO+. The Morgan fingerprint density at radius 3 is 1.22 bits per heavy atom. The van der Waals surface area contributed by atoms with E-state index < -0.39 is 13.6 Å². The predicted octanol–water partition coefficient (Wildman–Crippen LogP) is 3.16. The fourth-order valence-corrected chi connectivity index (χ4v) is 11.0. The third-order valence-corrected chi connectivity index (χ3v) is 12.5. The van der Waals surface area contributed by atoms with Crippen LogP contribution in [0.3, 0.4) is 0 Å². The van der Waals surface area contributed by atoms with E-state index in [4.69, 9.17) is 0 Å². The molecule has 2 heteroatoms. The van der Waals surface area contributed by atoms with E-state index in [2.05, 4.69) is 77.7 Å². The Hall–Kier alpha value is -2.24. The molecular weight excluding hydrogens is 343 g/mol. The first kappa shape index (κ1) is 15.6. The average Bonchev–Trinajstić information content (AvgIpc) is 2.62. The van der Waals surface area contributed by atoms with Crippen LogP contribution in [0.15, 0.2) is 102 Å². The Morgan fingerprint density at radius 2 is 0.957 bits per heavy atom. The normalized spacial score (nSPS) is 12.1. The van der Waals surface area contributed by atoms with E-state index in [1.807, 2.05) is 18.2 Å². The van der Waals surface area contributed by atoms with E-state index in [1.54, 1.807) is 6.92 Å². The van der Waals surface area contributed by atoms with Gasteiger partial charge in [-0.05, 0) is 0 Å². The summed E-state index contributed by atoms with van der Waals surface area (Å²) in [7, 11) is 0. The van der Waals surface area contributed by atoms with Crippen LogP contribution < -0.4 is 13.1 Å². The van der Waals surface area contributed by atoms with Crippen molar-refractivity contribution in [3.8, 4) is 0 Å². The van der Waals surface area contributed by atoms with Crippen LogP contribution in [0, 0.1) is 0 Å². The van der Waals surface area contributed by atoms with E-state index >= 15 is 0 Å². The molecule has 0 aliphatic heterocycles. The molecule has 3 aromatic rings. The second kappa shape index (κ2) is 6.89. The molecule has 0 heterocycles. The number of aliphatic hydroxyl groups excluding tert-OH is 1. The molecule has 3 rings (SSSR count). The fraction of sp³-hybridized carbons (Fsp3) is 0.0476. The molecule has 0 atom stereocenters. The zero-order valence-corrected chi connectivity index (χ0v) is 15.0. The summed E-state index contributed by atoms with van der Waals surface area (Å²) < 4.78 is 3.91. The van der Waals surface area contributed by atoms with Gasteiger partial charge in [-0.15, -0.1) is 0 Å². The minimum absolute atomic E-state index is 0.383. The summed E-state index contributed by atoms with van der Waals surface area (Å²) in [6.45, 7) is 1.77. The molecule has 3 aromatic carbocycles. The van der Waals surface area contributed by atoms with Crippen molar-refractivity contribution in [3.05, 3.63) is 102 Å². The van der Waals surface area contributed by atoms with E-state index in [0.717, 1.165) is 0 Å². The summed E-state index contributed by atoms with van der Waals surface area (Å²) in [5.41, 5.74) is 0. The van der Waals surface area contributed by atoms with Gasteiger partial charge in [0.1, 0.15) is 0 Å². The summed E-state index contributed by atoms with van der Waals surface area (Å²) in [6, 6.07) is 31.7. The zero-order chi connectivity index (χ0) is 16.1. The molecule has 0 aliphatic carbocycles. The first-order chi connectivity index (χ1) is 11.2. The van der Waals surface area contributed by atoms with Crippen LogP contribution in [-0.2, 0) is 0 Å². The number of hydrogen-bond donors (Lipinski definition) is 1. The second-order valence-electron chi connectivity index (χ2n) is 5.50. The Bertz CT molecular complexity index is 679. The van der Waals surface area contributed by atoms with E-state index in [0.29, 0.717) is 5.76 Å². The first-order valence-electron chi connectivity index (χ1n) is 7.67. The van der Waals surface area contributed by atoms with Gasteiger partial charge in [0.25, 0.3) is 0 Å². The van der Waals surface area contributed by atoms with E-state index in [9.17, 15) is 5.11 Å². The number of benzene rings is 3. The van der Waals surface area contributed by atoms with Crippen LogP contribution in [-0.4, -0.2) is 18.7 Å². The Labute approximate surface area is 140 Å². The van der Waals surface area contributed by atoms with Gasteiger partial charge >= 0.3 is 140 Å².